The van der Waals surface area contributed by atoms with Crippen LogP contribution < -0.4 is 5.73 Å². The molecule has 0 aliphatic rings. The molecule has 0 unspecified atom stereocenters. The van der Waals surface area contributed by atoms with Crippen LogP contribution in [0.1, 0.15) is 16.7 Å². The van der Waals surface area contributed by atoms with Crippen molar-refractivity contribution >= 4 is 11.8 Å². The predicted octanol–water partition coefficient (Wildman–Crippen LogP) is 4.46. The van der Waals surface area contributed by atoms with E-state index in [-0.39, 0.29) is 12.1 Å². The molecule has 1 nitrogen and oxygen atoms in total. The number of rotatable bonds is 4. The third-order valence-corrected chi connectivity index (χ3v) is 3.92. The van der Waals surface area contributed by atoms with Gasteiger partial charge in [0.2, 0.25) is 0 Å². The van der Waals surface area contributed by atoms with Gasteiger partial charge in [0.15, 0.2) is 0 Å². The zero-order chi connectivity index (χ0) is 14.6. The maximum absolute atomic E-state index is 12.9. The fourth-order valence-corrected chi connectivity index (χ4v) is 2.72. The normalized spacial score (nSPS) is 11.6. The average Bonchev–Trinajstić information content (AvgIpc) is 2.45. The molecule has 0 amide bonds. The van der Waals surface area contributed by atoms with Crippen molar-refractivity contribution in [3.63, 3.8) is 0 Å². The first-order valence-corrected chi connectivity index (χ1v) is 7.06. The largest absolute Gasteiger partial charge is 0.416 e. The molecule has 2 aromatic rings. The summed E-state index contributed by atoms with van der Waals surface area (Å²) in [5, 5.41) is 0. The summed E-state index contributed by atoms with van der Waals surface area (Å²) in [6.07, 6.45) is -4.36. The van der Waals surface area contributed by atoms with Crippen molar-refractivity contribution in [1.29, 1.82) is 0 Å². The summed E-state index contributed by atoms with van der Waals surface area (Å²) in [7, 11) is 0. The molecule has 2 rings (SSSR count). The van der Waals surface area contributed by atoms with E-state index in [9.17, 15) is 13.2 Å². The molecule has 2 aromatic carbocycles. The topological polar surface area (TPSA) is 26.0 Å². The van der Waals surface area contributed by atoms with E-state index in [2.05, 4.69) is 0 Å². The van der Waals surface area contributed by atoms with Gasteiger partial charge in [0, 0.05) is 17.2 Å². The molecule has 20 heavy (non-hydrogen) atoms. The number of halogens is 3. The summed E-state index contributed by atoms with van der Waals surface area (Å²) in [4.78, 5) is 0.596. The minimum atomic E-state index is -4.36. The first-order chi connectivity index (χ1) is 9.50. The second-order valence-electron chi connectivity index (χ2n) is 4.30. The Bertz CT molecular complexity index is 567. The first-order valence-electron chi connectivity index (χ1n) is 6.07. The molecular weight excluding hydrogens is 283 g/mol. The minimum Gasteiger partial charge on any atom is -0.326 e. The molecule has 0 fully saturated rings. The second kappa shape index (κ2) is 6.33. The predicted molar refractivity (Wildman–Crippen MR) is 75.3 cm³/mol. The van der Waals surface area contributed by atoms with Crippen LogP contribution in [0.15, 0.2) is 53.4 Å². The van der Waals surface area contributed by atoms with Gasteiger partial charge in [-0.1, -0.05) is 36.4 Å². The van der Waals surface area contributed by atoms with Crippen LogP contribution in [0, 0.1) is 0 Å². The van der Waals surface area contributed by atoms with E-state index in [1.54, 1.807) is 6.07 Å². The van der Waals surface area contributed by atoms with Gasteiger partial charge >= 0.3 is 6.18 Å². The van der Waals surface area contributed by atoms with Gasteiger partial charge in [0.1, 0.15) is 0 Å². The van der Waals surface area contributed by atoms with Crippen LogP contribution in [0.5, 0.6) is 0 Å². The van der Waals surface area contributed by atoms with Crippen molar-refractivity contribution in [3.8, 4) is 0 Å². The molecule has 0 heterocycles. The van der Waals surface area contributed by atoms with E-state index in [4.69, 9.17) is 5.73 Å². The van der Waals surface area contributed by atoms with Gasteiger partial charge in [-0.25, -0.2) is 0 Å². The highest BCUT2D eigenvalue weighted by Gasteiger charge is 2.33. The second-order valence-corrected chi connectivity index (χ2v) is 5.34. The van der Waals surface area contributed by atoms with Crippen molar-refractivity contribution in [3.05, 3.63) is 65.2 Å². The molecule has 0 atom stereocenters. The van der Waals surface area contributed by atoms with E-state index in [0.29, 0.717) is 10.6 Å². The highest BCUT2D eigenvalue weighted by molar-refractivity contribution is 7.98. The van der Waals surface area contributed by atoms with Gasteiger partial charge < -0.3 is 5.73 Å². The van der Waals surface area contributed by atoms with E-state index in [1.165, 1.54) is 23.9 Å². The lowest BCUT2D eigenvalue weighted by molar-refractivity contribution is -0.138. The third-order valence-electron chi connectivity index (χ3n) is 2.85. The van der Waals surface area contributed by atoms with Crippen LogP contribution in [0.2, 0.25) is 0 Å². The molecule has 0 saturated carbocycles. The Morgan fingerprint density at radius 3 is 2.30 bits per heavy atom. The van der Waals surface area contributed by atoms with Crippen LogP contribution in [0.3, 0.4) is 0 Å². The van der Waals surface area contributed by atoms with Gasteiger partial charge in [-0.15, -0.1) is 11.8 Å². The van der Waals surface area contributed by atoms with Crippen molar-refractivity contribution in [1.82, 2.24) is 0 Å². The molecular formula is C15H14F3NS. The molecule has 0 radical (unpaired) electrons. The van der Waals surface area contributed by atoms with Crippen LogP contribution in [0.4, 0.5) is 13.2 Å². The Morgan fingerprint density at radius 2 is 1.70 bits per heavy atom. The Hall–Kier alpha value is -1.46. The van der Waals surface area contributed by atoms with E-state index in [0.717, 1.165) is 5.56 Å². The number of nitrogens with two attached hydrogens (primary N) is 1. The Balaban J connectivity index is 2.17. The van der Waals surface area contributed by atoms with Crippen LogP contribution in [-0.2, 0) is 18.5 Å². The summed E-state index contributed by atoms with van der Waals surface area (Å²) in [6, 6.07) is 13.9. The number of alkyl halides is 3. The van der Waals surface area contributed by atoms with E-state index in [1.807, 2.05) is 30.3 Å². The fraction of sp³-hybridized carbons (Fsp3) is 0.200. The summed E-state index contributed by atoms with van der Waals surface area (Å²) in [5.41, 5.74) is 5.92. The Kier molecular flexibility index (Phi) is 4.73. The molecule has 0 saturated heterocycles. The summed E-state index contributed by atoms with van der Waals surface area (Å²) >= 11 is 1.38. The molecule has 5 heteroatoms. The van der Waals surface area contributed by atoms with Crippen LogP contribution in [0.25, 0.3) is 0 Å². The van der Waals surface area contributed by atoms with Crippen LogP contribution in [-0.4, -0.2) is 0 Å². The molecule has 0 aliphatic carbocycles. The number of thioether (sulfide) groups is 1. The molecule has 0 spiro atoms. The summed E-state index contributed by atoms with van der Waals surface area (Å²) < 4.78 is 38.7. The monoisotopic (exact) mass is 297 g/mol. The van der Waals surface area contributed by atoms with Crippen molar-refractivity contribution < 1.29 is 13.2 Å². The van der Waals surface area contributed by atoms with Crippen molar-refractivity contribution in [2.75, 3.05) is 0 Å². The molecule has 0 bridgehead atoms. The van der Waals surface area contributed by atoms with Crippen LogP contribution >= 0.6 is 11.8 Å². The van der Waals surface area contributed by atoms with Crippen molar-refractivity contribution in [2.24, 2.45) is 5.73 Å². The Labute approximate surface area is 120 Å². The van der Waals surface area contributed by atoms with Gasteiger partial charge in [-0.2, -0.15) is 13.2 Å². The number of hydrogen-bond donors (Lipinski definition) is 1. The van der Waals surface area contributed by atoms with E-state index >= 15 is 0 Å². The lowest BCUT2D eigenvalue weighted by Gasteiger charge is -2.13. The zero-order valence-corrected chi connectivity index (χ0v) is 11.5. The number of hydrogen-bond acceptors (Lipinski definition) is 2. The molecule has 106 valence electrons. The lowest BCUT2D eigenvalue weighted by atomic mass is 10.1. The number of benzene rings is 2. The lowest BCUT2D eigenvalue weighted by Crippen LogP contribution is -2.11. The molecule has 0 aliphatic heterocycles. The molecule has 0 aromatic heterocycles. The third kappa shape index (κ3) is 3.77. The van der Waals surface area contributed by atoms with Gasteiger partial charge in [0.25, 0.3) is 0 Å². The van der Waals surface area contributed by atoms with E-state index < -0.39 is 11.7 Å². The van der Waals surface area contributed by atoms with Crippen molar-refractivity contribution in [2.45, 2.75) is 23.4 Å². The SMILES string of the molecule is NCc1ccc(SCc2ccccc2)cc1C(F)(F)F. The molecule has 2 N–H and O–H groups in total. The zero-order valence-electron chi connectivity index (χ0n) is 10.7. The summed E-state index contributed by atoms with van der Waals surface area (Å²) in [5.74, 6) is 0.639. The minimum absolute atomic E-state index is 0.113. The average molecular weight is 297 g/mol. The first kappa shape index (κ1) is 14.9. The Morgan fingerprint density at radius 1 is 1.00 bits per heavy atom. The quantitative estimate of drug-likeness (QED) is 0.843. The smallest absolute Gasteiger partial charge is 0.326 e. The van der Waals surface area contributed by atoms with Gasteiger partial charge in [0.05, 0.1) is 5.56 Å². The fourth-order valence-electron chi connectivity index (χ4n) is 1.83. The maximum Gasteiger partial charge on any atom is 0.416 e. The maximum atomic E-state index is 12.9. The standard InChI is InChI=1S/C15H14F3NS/c16-15(17,18)14-8-13(7-6-12(14)9-19)20-10-11-4-2-1-3-5-11/h1-8H,9-10,19H2. The summed E-state index contributed by atoms with van der Waals surface area (Å²) in [6.45, 7) is -0.113. The van der Waals surface area contributed by atoms with Gasteiger partial charge in [-0.05, 0) is 23.3 Å². The highest BCUT2D eigenvalue weighted by atomic mass is 32.2. The van der Waals surface area contributed by atoms with Gasteiger partial charge in [-0.3, -0.25) is 0 Å². The highest BCUT2D eigenvalue weighted by Crippen LogP contribution is 2.35.